The molecule has 0 atom stereocenters. The number of anilines is 1. The van der Waals surface area contributed by atoms with Crippen LogP contribution in [0, 0.1) is 5.92 Å². The predicted octanol–water partition coefficient (Wildman–Crippen LogP) is 3.48. The van der Waals surface area contributed by atoms with Gasteiger partial charge in [-0.15, -0.1) is 0 Å². The highest BCUT2D eigenvalue weighted by atomic mass is 16.2. The fraction of sp³-hybridized carbons (Fsp3) is 0.333. The van der Waals surface area contributed by atoms with Gasteiger partial charge >= 0.3 is 11.8 Å². The maximum Gasteiger partial charge on any atom is 0.316 e. The number of benzene rings is 2. The third-order valence-corrected chi connectivity index (χ3v) is 4.75. The van der Waals surface area contributed by atoms with Crippen molar-refractivity contribution >= 4 is 17.5 Å². The molecule has 0 aliphatic carbocycles. The largest absolute Gasteiger partial charge is 0.334 e. The monoisotopic (exact) mass is 336 g/mol. The number of carbonyl (C=O) groups is 2. The van der Waals surface area contributed by atoms with Gasteiger partial charge in [-0.3, -0.25) is 14.5 Å². The van der Waals surface area contributed by atoms with E-state index >= 15 is 0 Å². The van der Waals surface area contributed by atoms with E-state index in [1.54, 1.807) is 9.80 Å². The molecular weight excluding hydrogens is 312 g/mol. The molecule has 2 aromatic rings. The van der Waals surface area contributed by atoms with Crippen molar-refractivity contribution in [3.05, 3.63) is 66.2 Å². The fourth-order valence-corrected chi connectivity index (χ4v) is 3.12. The lowest BCUT2D eigenvalue weighted by molar-refractivity contribution is -0.145. The van der Waals surface area contributed by atoms with E-state index in [-0.39, 0.29) is 0 Å². The quantitative estimate of drug-likeness (QED) is 0.805. The molecular formula is C21H24N2O2. The van der Waals surface area contributed by atoms with Crippen molar-refractivity contribution in [2.75, 3.05) is 18.0 Å². The molecule has 4 heteroatoms. The van der Waals surface area contributed by atoms with E-state index in [0.717, 1.165) is 24.1 Å². The zero-order valence-corrected chi connectivity index (χ0v) is 14.6. The van der Waals surface area contributed by atoms with Gasteiger partial charge in [-0.1, -0.05) is 55.5 Å². The first-order valence-electron chi connectivity index (χ1n) is 8.85. The summed E-state index contributed by atoms with van der Waals surface area (Å²) < 4.78 is 0. The van der Waals surface area contributed by atoms with Crippen LogP contribution in [0.3, 0.4) is 0 Å². The summed E-state index contributed by atoms with van der Waals surface area (Å²) in [7, 11) is 0. The van der Waals surface area contributed by atoms with E-state index in [4.69, 9.17) is 0 Å². The Kier molecular flexibility index (Phi) is 5.49. The van der Waals surface area contributed by atoms with Gasteiger partial charge in [0.1, 0.15) is 0 Å². The molecule has 2 aromatic carbocycles. The molecule has 0 bridgehead atoms. The highest BCUT2D eigenvalue weighted by Gasteiger charge is 2.30. The third-order valence-electron chi connectivity index (χ3n) is 4.75. The standard InChI is InChI=1S/C21H24N2O2/c1-17-12-14-22(15-13-17)20(24)21(25)23(19-10-6-3-7-11-19)16-18-8-4-2-5-9-18/h2-11,17H,12-16H2,1H3. The van der Waals surface area contributed by atoms with E-state index in [9.17, 15) is 9.59 Å². The first-order valence-corrected chi connectivity index (χ1v) is 8.85. The van der Waals surface area contributed by atoms with Crippen molar-refractivity contribution in [1.29, 1.82) is 0 Å². The summed E-state index contributed by atoms with van der Waals surface area (Å²) in [5.41, 5.74) is 1.75. The Hall–Kier alpha value is -2.62. The van der Waals surface area contributed by atoms with Gasteiger partial charge in [0.2, 0.25) is 0 Å². The number of amides is 2. The third kappa shape index (κ3) is 4.27. The number of likely N-dealkylation sites (tertiary alicyclic amines) is 1. The lowest BCUT2D eigenvalue weighted by atomic mass is 9.99. The zero-order valence-electron chi connectivity index (χ0n) is 14.6. The maximum absolute atomic E-state index is 13.0. The lowest BCUT2D eigenvalue weighted by Gasteiger charge is -2.32. The molecule has 0 N–H and O–H groups in total. The van der Waals surface area contributed by atoms with Gasteiger partial charge in [-0.2, -0.15) is 0 Å². The van der Waals surface area contributed by atoms with E-state index in [0.29, 0.717) is 25.6 Å². The van der Waals surface area contributed by atoms with Crippen LogP contribution in [0.25, 0.3) is 0 Å². The smallest absolute Gasteiger partial charge is 0.316 e. The Labute approximate surface area is 149 Å². The Morgan fingerprint density at radius 1 is 0.960 bits per heavy atom. The summed E-state index contributed by atoms with van der Waals surface area (Å²) in [6.07, 6.45) is 1.92. The van der Waals surface area contributed by atoms with Crippen LogP contribution in [0.4, 0.5) is 5.69 Å². The normalized spacial score (nSPS) is 15.0. The molecule has 0 spiro atoms. The van der Waals surface area contributed by atoms with Crippen molar-refractivity contribution in [1.82, 2.24) is 4.90 Å². The van der Waals surface area contributed by atoms with Gasteiger partial charge < -0.3 is 4.90 Å². The van der Waals surface area contributed by atoms with Crippen LogP contribution in [0.1, 0.15) is 25.3 Å². The van der Waals surface area contributed by atoms with Gasteiger partial charge in [0.25, 0.3) is 0 Å². The van der Waals surface area contributed by atoms with Gasteiger partial charge in [0.05, 0.1) is 6.54 Å². The molecule has 0 radical (unpaired) electrons. The Morgan fingerprint density at radius 2 is 1.52 bits per heavy atom. The van der Waals surface area contributed by atoms with Crippen molar-refractivity contribution in [3.63, 3.8) is 0 Å². The zero-order chi connectivity index (χ0) is 17.6. The first-order chi connectivity index (χ1) is 12.1. The van der Waals surface area contributed by atoms with Crippen molar-refractivity contribution in [3.8, 4) is 0 Å². The summed E-state index contributed by atoms with van der Waals surface area (Å²) >= 11 is 0. The van der Waals surface area contributed by atoms with Crippen molar-refractivity contribution in [2.45, 2.75) is 26.3 Å². The van der Waals surface area contributed by atoms with Crippen molar-refractivity contribution in [2.24, 2.45) is 5.92 Å². The van der Waals surface area contributed by atoms with E-state index in [1.807, 2.05) is 60.7 Å². The average molecular weight is 336 g/mol. The number of hydrogen-bond donors (Lipinski definition) is 0. The van der Waals surface area contributed by atoms with Crippen LogP contribution >= 0.6 is 0 Å². The van der Waals surface area contributed by atoms with Crippen LogP contribution in [-0.4, -0.2) is 29.8 Å². The molecule has 25 heavy (non-hydrogen) atoms. The molecule has 1 fully saturated rings. The number of rotatable bonds is 3. The highest BCUT2D eigenvalue weighted by molar-refractivity contribution is 6.40. The van der Waals surface area contributed by atoms with Crippen LogP contribution in [-0.2, 0) is 16.1 Å². The molecule has 1 saturated heterocycles. The molecule has 1 aliphatic heterocycles. The Balaban J connectivity index is 1.81. The van der Waals surface area contributed by atoms with E-state index < -0.39 is 11.8 Å². The number of hydrogen-bond acceptors (Lipinski definition) is 2. The number of para-hydroxylation sites is 1. The van der Waals surface area contributed by atoms with Crippen LogP contribution in [0.2, 0.25) is 0 Å². The summed E-state index contributed by atoms with van der Waals surface area (Å²) in [6, 6.07) is 19.2. The van der Waals surface area contributed by atoms with Gasteiger partial charge in [0, 0.05) is 18.8 Å². The van der Waals surface area contributed by atoms with Crippen molar-refractivity contribution < 1.29 is 9.59 Å². The molecule has 0 unspecified atom stereocenters. The highest BCUT2D eigenvalue weighted by Crippen LogP contribution is 2.20. The number of piperidine rings is 1. The van der Waals surface area contributed by atoms with Gasteiger partial charge in [-0.25, -0.2) is 0 Å². The molecule has 130 valence electrons. The summed E-state index contributed by atoms with van der Waals surface area (Å²) in [6.45, 7) is 3.91. The predicted molar refractivity (Wildman–Crippen MR) is 99.1 cm³/mol. The molecule has 2 amide bonds. The molecule has 1 heterocycles. The SMILES string of the molecule is CC1CCN(C(=O)C(=O)N(Cc2ccccc2)c2ccccc2)CC1. The van der Waals surface area contributed by atoms with E-state index in [1.165, 1.54) is 0 Å². The molecule has 3 rings (SSSR count). The fourth-order valence-electron chi connectivity index (χ4n) is 3.12. The van der Waals surface area contributed by atoms with E-state index in [2.05, 4.69) is 6.92 Å². The second kappa shape index (κ2) is 7.97. The summed E-state index contributed by atoms with van der Waals surface area (Å²) in [5, 5.41) is 0. The first kappa shape index (κ1) is 17.2. The second-order valence-electron chi connectivity index (χ2n) is 6.69. The molecule has 1 aliphatic rings. The molecule has 0 aromatic heterocycles. The average Bonchev–Trinajstić information content (AvgIpc) is 2.67. The Bertz CT molecular complexity index is 707. The molecule has 4 nitrogen and oxygen atoms in total. The minimum atomic E-state index is -0.454. The summed E-state index contributed by atoms with van der Waals surface area (Å²) in [5.74, 6) is -0.231. The number of nitrogens with zero attached hydrogens (tertiary/aromatic N) is 2. The summed E-state index contributed by atoms with van der Waals surface area (Å²) in [4.78, 5) is 29.0. The van der Waals surface area contributed by atoms with Crippen LogP contribution in [0.15, 0.2) is 60.7 Å². The lowest BCUT2D eigenvalue weighted by Crippen LogP contribution is -2.47. The van der Waals surface area contributed by atoms with Crippen LogP contribution < -0.4 is 4.90 Å². The number of carbonyl (C=O) groups excluding carboxylic acids is 2. The maximum atomic E-state index is 13.0. The second-order valence-corrected chi connectivity index (χ2v) is 6.69. The van der Waals surface area contributed by atoms with Gasteiger partial charge in [0.15, 0.2) is 0 Å². The van der Waals surface area contributed by atoms with Gasteiger partial charge in [-0.05, 0) is 36.5 Å². The molecule has 0 saturated carbocycles. The van der Waals surface area contributed by atoms with Crippen LogP contribution in [0.5, 0.6) is 0 Å². The topological polar surface area (TPSA) is 40.6 Å². The minimum Gasteiger partial charge on any atom is -0.334 e. The minimum absolute atomic E-state index is 0.389. The Morgan fingerprint density at radius 3 is 2.12 bits per heavy atom.